The number of nitrogen functional groups attached to an aromatic ring is 1. The van der Waals surface area contributed by atoms with Crippen molar-refractivity contribution in [3.63, 3.8) is 0 Å². The fourth-order valence-corrected chi connectivity index (χ4v) is 5.16. The second-order valence-corrected chi connectivity index (χ2v) is 9.07. The molecule has 1 aliphatic rings. The van der Waals surface area contributed by atoms with E-state index < -0.39 is 11.2 Å². The smallest absolute Gasteiger partial charge is 0.330 e. The first-order valence-corrected chi connectivity index (χ1v) is 11.6. The van der Waals surface area contributed by atoms with Gasteiger partial charge in [-0.1, -0.05) is 61.9 Å². The Morgan fingerprint density at radius 2 is 1.88 bits per heavy atom. The zero-order valence-corrected chi connectivity index (χ0v) is 18.7. The standard InChI is InChI=1S/C24H26N4O3S/c1-2-3-13-27-21(25)20(22(29)26-24(27)31)28(15-16-9-5-4-6-10-16)23(30)19-14-17-11-7-8-12-18(17)32-19/h4-12,19H,2-3,13-15,25H2,1H3,(H,26,29,31). The first-order chi connectivity index (χ1) is 15.5. The predicted molar refractivity (Wildman–Crippen MR) is 128 cm³/mol. The fraction of sp³-hybridized carbons (Fsp3) is 0.292. The summed E-state index contributed by atoms with van der Waals surface area (Å²) in [6, 6.07) is 17.4. The van der Waals surface area contributed by atoms with Crippen LogP contribution in [0.4, 0.5) is 11.5 Å². The summed E-state index contributed by atoms with van der Waals surface area (Å²) in [7, 11) is 0. The highest BCUT2D eigenvalue weighted by Gasteiger charge is 2.34. The van der Waals surface area contributed by atoms with Gasteiger partial charge in [-0.15, -0.1) is 11.8 Å². The molecule has 32 heavy (non-hydrogen) atoms. The van der Waals surface area contributed by atoms with Crippen molar-refractivity contribution < 1.29 is 4.79 Å². The highest BCUT2D eigenvalue weighted by Crippen LogP contribution is 2.38. The number of aromatic amines is 1. The van der Waals surface area contributed by atoms with Crippen LogP contribution in [0.3, 0.4) is 0 Å². The van der Waals surface area contributed by atoms with Crippen molar-refractivity contribution in [3.05, 3.63) is 86.6 Å². The van der Waals surface area contributed by atoms with Crippen LogP contribution in [0, 0.1) is 0 Å². The van der Waals surface area contributed by atoms with E-state index >= 15 is 0 Å². The molecular weight excluding hydrogens is 424 g/mol. The number of nitrogens with zero attached hydrogens (tertiary/aromatic N) is 2. The topological polar surface area (TPSA) is 101 Å². The van der Waals surface area contributed by atoms with Gasteiger partial charge in [-0.3, -0.25) is 24.0 Å². The van der Waals surface area contributed by atoms with E-state index in [1.54, 1.807) is 0 Å². The molecule has 0 bridgehead atoms. The highest BCUT2D eigenvalue weighted by atomic mass is 32.2. The summed E-state index contributed by atoms with van der Waals surface area (Å²) in [6.07, 6.45) is 2.18. The number of aromatic nitrogens is 2. The van der Waals surface area contributed by atoms with Gasteiger partial charge in [0, 0.05) is 11.4 Å². The number of unbranched alkanes of at least 4 members (excludes halogenated alkanes) is 1. The van der Waals surface area contributed by atoms with Crippen LogP contribution in [0.15, 0.2) is 69.1 Å². The lowest BCUT2D eigenvalue weighted by atomic mass is 10.1. The van der Waals surface area contributed by atoms with Gasteiger partial charge in [0.25, 0.3) is 5.56 Å². The third-order valence-corrected chi connectivity index (χ3v) is 6.90. The van der Waals surface area contributed by atoms with Crippen molar-refractivity contribution in [1.29, 1.82) is 0 Å². The second kappa shape index (κ2) is 9.48. The minimum Gasteiger partial charge on any atom is -0.383 e. The van der Waals surface area contributed by atoms with E-state index in [1.165, 1.54) is 21.2 Å². The van der Waals surface area contributed by atoms with Gasteiger partial charge in [0.05, 0.1) is 11.8 Å². The summed E-state index contributed by atoms with van der Waals surface area (Å²) in [5, 5.41) is -0.370. The minimum absolute atomic E-state index is 0.0250. The number of H-pyrrole nitrogens is 1. The molecule has 8 heteroatoms. The Morgan fingerprint density at radius 1 is 1.16 bits per heavy atom. The number of thioether (sulfide) groups is 1. The number of nitrogens with two attached hydrogens (primary N) is 1. The number of carbonyl (C=O) groups excluding carboxylic acids is 1. The molecule has 0 radical (unpaired) electrons. The molecule has 2 aromatic carbocycles. The van der Waals surface area contributed by atoms with E-state index in [0.717, 1.165) is 28.9 Å². The highest BCUT2D eigenvalue weighted by molar-refractivity contribution is 8.01. The van der Waals surface area contributed by atoms with Crippen molar-refractivity contribution in [3.8, 4) is 0 Å². The van der Waals surface area contributed by atoms with Gasteiger partial charge in [0.2, 0.25) is 5.91 Å². The molecule has 1 aliphatic heterocycles. The zero-order chi connectivity index (χ0) is 22.7. The van der Waals surface area contributed by atoms with Crippen LogP contribution < -0.4 is 21.9 Å². The predicted octanol–water partition coefficient (Wildman–Crippen LogP) is 3.17. The van der Waals surface area contributed by atoms with Gasteiger partial charge in [-0.25, -0.2) is 4.79 Å². The van der Waals surface area contributed by atoms with Crippen molar-refractivity contribution in [2.24, 2.45) is 0 Å². The molecule has 3 aromatic rings. The molecule has 0 fully saturated rings. The lowest BCUT2D eigenvalue weighted by Gasteiger charge is -2.27. The monoisotopic (exact) mass is 450 g/mol. The SMILES string of the molecule is CCCCn1c(N)c(N(Cc2ccccc2)C(=O)C2Cc3ccccc3S2)c(=O)[nH]c1=O. The van der Waals surface area contributed by atoms with Gasteiger partial charge in [0.1, 0.15) is 5.82 Å². The zero-order valence-electron chi connectivity index (χ0n) is 17.9. The summed E-state index contributed by atoms with van der Waals surface area (Å²) in [5.41, 5.74) is 7.16. The Bertz CT molecular complexity index is 1210. The van der Waals surface area contributed by atoms with Crippen LogP contribution in [0.5, 0.6) is 0 Å². The Hall–Kier alpha value is -3.26. The van der Waals surface area contributed by atoms with Crippen LogP contribution >= 0.6 is 11.8 Å². The number of hydrogen-bond acceptors (Lipinski definition) is 5. The molecule has 4 rings (SSSR count). The molecule has 1 unspecified atom stereocenters. The first kappa shape index (κ1) is 22.0. The number of nitrogens with one attached hydrogen (secondary N) is 1. The maximum Gasteiger partial charge on any atom is 0.330 e. The minimum atomic E-state index is -0.648. The van der Waals surface area contributed by atoms with Crippen molar-refractivity contribution >= 4 is 29.2 Å². The van der Waals surface area contributed by atoms with Crippen molar-refractivity contribution in [1.82, 2.24) is 9.55 Å². The maximum absolute atomic E-state index is 13.7. The van der Waals surface area contributed by atoms with Gasteiger partial charge in [-0.2, -0.15) is 0 Å². The molecule has 1 amide bonds. The number of rotatable bonds is 7. The number of fused-ring (bicyclic) bond motifs is 1. The Kier molecular flexibility index (Phi) is 6.50. The third kappa shape index (κ3) is 4.36. The van der Waals surface area contributed by atoms with Gasteiger partial charge < -0.3 is 5.73 Å². The normalized spacial score (nSPS) is 14.8. The third-order valence-electron chi connectivity index (χ3n) is 5.59. The molecule has 0 saturated heterocycles. The molecule has 166 valence electrons. The van der Waals surface area contributed by atoms with Crippen LogP contribution in [0.25, 0.3) is 0 Å². The molecule has 7 nitrogen and oxygen atoms in total. The van der Waals surface area contributed by atoms with E-state index in [2.05, 4.69) is 4.98 Å². The van der Waals surface area contributed by atoms with Crippen molar-refractivity contribution in [2.45, 2.75) is 49.4 Å². The van der Waals surface area contributed by atoms with E-state index in [4.69, 9.17) is 5.73 Å². The first-order valence-electron chi connectivity index (χ1n) is 10.7. The van der Waals surface area contributed by atoms with Gasteiger partial charge >= 0.3 is 5.69 Å². The summed E-state index contributed by atoms with van der Waals surface area (Å²) >= 11 is 1.50. The number of hydrogen-bond donors (Lipinski definition) is 2. The molecule has 0 saturated carbocycles. The molecule has 3 N–H and O–H groups in total. The number of amides is 1. The van der Waals surface area contributed by atoms with Crippen LogP contribution in [0.2, 0.25) is 0 Å². The summed E-state index contributed by atoms with van der Waals surface area (Å²) in [5.74, 6) is -0.176. The lowest BCUT2D eigenvalue weighted by Crippen LogP contribution is -2.44. The number of anilines is 2. The van der Waals surface area contributed by atoms with Gasteiger partial charge in [0.15, 0.2) is 5.69 Å². The van der Waals surface area contributed by atoms with Crippen LogP contribution in [0.1, 0.15) is 30.9 Å². The van der Waals surface area contributed by atoms with E-state index in [1.807, 2.05) is 61.5 Å². The molecule has 1 atom stereocenters. The van der Waals surface area contributed by atoms with E-state index in [0.29, 0.717) is 13.0 Å². The molecule has 1 aromatic heterocycles. The Morgan fingerprint density at radius 3 is 2.59 bits per heavy atom. The average molecular weight is 451 g/mol. The van der Waals surface area contributed by atoms with Crippen molar-refractivity contribution in [2.75, 3.05) is 10.6 Å². The summed E-state index contributed by atoms with van der Waals surface area (Å²) < 4.78 is 1.35. The quantitative estimate of drug-likeness (QED) is 0.576. The fourth-order valence-electron chi connectivity index (χ4n) is 3.90. The largest absolute Gasteiger partial charge is 0.383 e. The number of carbonyl (C=O) groups is 1. The lowest BCUT2D eigenvalue weighted by molar-refractivity contribution is -0.118. The number of benzene rings is 2. The molecule has 0 spiro atoms. The van der Waals surface area contributed by atoms with Crippen LogP contribution in [-0.4, -0.2) is 20.7 Å². The van der Waals surface area contributed by atoms with Gasteiger partial charge in [-0.05, 0) is 30.0 Å². The average Bonchev–Trinajstić information content (AvgIpc) is 3.23. The molecule has 0 aliphatic carbocycles. The van der Waals surface area contributed by atoms with E-state index in [9.17, 15) is 14.4 Å². The molecule has 2 heterocycles. The Labute approximate surface area is 190 Å². The molecular formula is C24H26N4O3S. The summed E-state index contributed by atoms with van der Waals surface area (Å²) in [6.45, 7) is 2.57. The van der Waals surface area contributed by atoms with Crippen LogP contribution in [-0.2, 0) is 24.3 Å². The second-order valence-electron chi connectivity index (χ2n) is 7.83. The van der Waals surface area contributed by atoms with E-state index in [-0.39, 0.29) is 29.2 Å². The Balaban J connectivity index is 1.76. The maximum atomic E-state index is 13.7. The summed E-state index contributed by atoms with van der Waals surface area (Å²) in [4.78, 5) is 43.9.